The van der Waals surface area contributed by atoms with Gasteiger partial charge in [0, 0.05) is 23.2 Å². The zero-order chi connectivity index (χ0) is 18.1. The minimum Gasteiger partial charge on any atom is -0.456 e. The predicted molar refractivity (Wildman–Crippen MR) is 96.7 cm³/mol. The maximum atomic E-state index is 11.9. The largest absolute Gasteiger partial charge is 0.456 e. The minimum absolute atomic E-state index is 0.00864. The predicted octanol–water partition coefficient (Wildman–Crippen LogP) is 2.61. The number of anilines is 1. The fraction of sp³-hybridized carbons (Fsp3) is 0.278. The third kappa shape index (κ3) is 6.04. The van der Waals surface area contributed by atoms with Crippen molar-refractivity contribution in [2.75, 3.05) is 18.5 Å². The lowest BCUT2D eigenvalue weighted by atomic mass is 10.1. The molecule has 1 heterocycles. The highest BCUT2D eigenvalue weighted by molar-refractivity contribution is 7.08. The molecule has 2 aromatic rings. The van der Waals surface area contributed by atoms with Crippen LogP contribution in [0.15, 0.2) is 41.1 Å². The van der Waals surface area contributed by atoms with E-state index in [9.17, 15) is 14.4 Å². The van der Waals surface area contributed by atoms with E-state index in [-0.39, 0.29) is 25.5 Å². The maximum absolute atomic E-state index is 11.9. The lowest BCUT2D eigenvalue weighted by molar-refractivity contribution is -0.147. The summed E-state index contributed by atoms with van der Waals surface area (Å²) in [6, 6.07) is 9.17. The quantitative estimate of drug-likeness (QED) is 0.709. The minimum atomic E-state index is -0.537. The second-order valence-corrected chi connectivity index (χ2v) is 6.02. The molecule has 1 aromatic heterocycles. The van der Waals surface area contributed by atoms with Gasteiger partial charge in [-0.3, -0.25) is 14.4 Å². The molecule has 2 rings (SSSR count). The average Bonchev–Trinajstić information content (AvgIpc) is 3.15. The Morgan fingerprint density at radius 3 is 2.68 bits per heavy atom. The van der Waals surface area contributed by atoms with Gasteiger partial charge >= 0.3 is 5.97 Å². The highest BCUT2D eigenvalue weighted by Gasteiger charge is 2.11. The van der Waals surface area contributed by atoms with Crippen molar-refractivity contribution in [1.82, 2.24) is 5.32 Å². The molecule has 132 valence electrons. The smallest absolute Gasteiger partial charge is 0.308 e. The van der Waals surface area contributed by atoms with Gasteiger partial charge < -0.3 is 15.4 Å². The number of nitrogens with one attached hydrogen (secondary N) is 2. The molecule has 2 N–H and O–H groups in total. The van der Waals surface area contributed by atoms with Crippen LogP contribution in [0.25, 0.3) is 0 Å². The summed E-state index contributed by atoms with van der Waals surface area (Å²) in [7, 11) is 0. The molecule has 0 fully saturated rings. The number of carbonyl (C=O) groups is 3. The van der Waals surface area contributed by atoms with Gasteiger partial charge in [-0.05, 0) is 29.5 Å². The molecule has 0 unspecified atom stereocenters. The van der Waals surface area contributed by atoms with Gasteiger partial charge in [0.1, 0.15) is 0 Å². The summed E-state index contributed by atoms with van der Waals surface area (Å²) in [6.45, 7) is 1.80. The van der Waals surface area contributed by atoms with Gasteiger partial charge in [-0.15, -0.1) is 0 Å². The Morgan fingerprint density at radius 2 is 1.96 bits per heavy atom. The van der Waals surface area contributed by atoms with Crippen LogP contribution in [0.4, 0.5) is 5.69 Å². The van der Waals surface area contributed by atoms with Crippen LogP contribution < -0.4 is 10.6 Å². The van der Waals surface area contributed by atoms with Crippen molar-refractivity contribution in [2.45, 2.75) is 19.8 Å². The zero-order valence-corrected chi connectivity index (χ0v) is 14.7. The van der Waals surface area contributed by atoms with Crippen molar-refractivity contribution in [3.05, 3.63) is 52.2 Å². The first-order valence-corrected chi connectivity index (χ1v) is 8.88. The number of amides is 2. The molecule has 7 heteroatoms. The third-order valence-corrected chi connectivity index (χ3v) is 4.12. The highest BCUT2D eigenvalue weighted by atomic mass is 32.1. The second-order valence-electron chi connectivity index (χ2n) is 5.24. The Morgan fingerprint density at radius 1 is 1.16 bits per heavy atom. The SMILES string of the molecule is CCc1ccccc1NC(=O)COC(=O)CCNC(=O)c1ccsc1. The van der Waals surface area contributed by atoms with E-state index in [0.29, 0.717) is 11.3 Å². The summed E-state index contributed by atoms with van der Waals surface area (Å²) >= 11 is 1.43. The second kappa shape index (κ2) is 9.58. The summed E-state index contributed by atoms with van der Waals surface area (Å²) in [5.74, 6) is -1.16. The number of thiophene rings is 1. The molecule has 0 saturated carbocycles. The molecule has 0 aliphatic rings. The first kappa shape index (κ1) is 18.7. The summed E-state index contributed by atoms with van der Waals surface area (Å²) in [6.07, 6.45) is 0.800. The fourth-order valence-corrected chi connectivity index (χ4v) is 2.76. The molecule has 25 heavy (non-hydrogen) atoms. The number of esters is 1. The first-order valence-electron chi connectivity index (χ1n) is 7.94. The van der Waals surface area contributed by atoms with Gasteiger partial charge in [0.05, 0.1) is 6.42 Å². The van der Waals surface area contributed by atoms with E-state index >= 15 is 0 Å². The standard InChI is InChI=1S/C18H20N2O4S/c1-2-13-5-3-4-6-15(13)20-16(21)11-24-17(22)7-9-19-18(23)14-8-10-25-12-14/h3-6,8,10,12H,2,7,9,11H2,1H3,(H,19,23)(H,20,21). The van der Waals surface area contributed by atoms with Crippen LogP contribution >= 0.6 is 11.3 Å². The van der Waals surface area contributed by atoms with Crippen molar-refractivity contribution < 1.29 is 19.1 Å². The summed E-state index contributed by atoms with van der Waals surface area (Å²) in [4.78, 5) is 35.2. The normalized spacial score (nSPS) is 10.1. The van der Waals surface area contributed by atoms with Crippen LogP contribution in [-0.2, 0) is 20.7 Å². The third-order valence-electron chi connectivity index (χ3n) is 3.43. The molecule has 1 aromatic carbocycles. The van der Waals surface area contributed by atoms with Crippen LogP contribution in [-0.4, -0.2) is 30.9 Å². The number of rotatable bonds is 8. The molecule has 0 saturated heterocycles. The van der Waals surface area contributed by atoms with Gasteiger partial charge in [-0.2, -0.15) is 11.3 Å². The molecular formula is C18H20N2O4S. The molecule has 0 spiro atoms. The van der Waals surface area contributed by atoms with Gasteiger partial charge in [-0.25, -0.2) is 0 Å². The van der Waals surface area contributed by atoms with Crippen LogP contribution in [0.3, 0.4) is 0 Å². The lowest BCUT2D eigenvalue weighted by Gasteiger charge is -2.10. The number of carbonyl (C=O) groups excluding carboxylic acids is 3. The Balaban J connectivity index is 1.67. The Hall–Kier alpha value is -2.67. The number of ether oxygens (including phenoxy) is 1. The number of para-hydroxylation sites is 1. The van der Waals surface area contributed by atoms with Crippen LogP contribution in [0.1, 0.15) is 29.3 Å². The monoisotopic (exact) mass is 360 g/mol. The van der Waals surface area contributed by atoms with Gasteiger partial charge in [0.2, 0.25) is 0 Å². The molecule has 0 bridgehead atoms. The molecule has 2 amide bonds. The van der Waals surface area contributed by atoms with Crippen molar-refractivity contribution in [1.29, 1.82) is 0 Å². The average molecular weight is 360 g/mol. The Bertz CT molecular complexity index is 728. The molecule has 0 aliphatic carbocycles. The number of benzene rings is 1. The van der Waals surface area contributed by atoms with Crippen molar-refractivity contribution in [3.63, 3.8) is 0 Å². The van der Waals surface area contributed by atoms with Crippen LogP contribution in [0, 0.1) is 0 Å². The van der Waals surface area contributed by atoms with Gasteiger partial charge in [0.25, 0.3) is 11.8 Å². The Kier molecular flexibility index (Phi) is 7.16. The van der Waals surface area contributed by atoms with E-state index in [0.717, 1.165) is 12.0 Å². The van der Waals surface area contributed by atoms with Gasteiger partial charge in [0.15, 0.2) is 6.61 Å². The molecule has 0 radical (unpaired) electrons. The lowest BCUT2D eigenvalue weighted by Crippen LogP contribution is -2.27. The van der Waals surface area contributed by atoms with E-state index in [4.69, 9.17) is 4.74 Å². The maximum Gasteiger partial charge on any atom is 0.308 e. The zero-order valence-electron chi connectivity index (χ0n) is 13.9. The molecule has 0 aliphatic heterocycles. The van der Waals surface area contributed by atoms with E-state index in [1.807, 2.05) is 25.1 Å². The van der Waals surface area contributed by atoms with Crippen LogP contribution in [0.2, 0.25) is 0 Å². The molecule has 0 atom stereocenters. The summed E-state index contributed by atoms with van der Waals surface area (Å²) in [5, 5.41) is 8.88. The number of aryl methyl sites for hydroxylation is 1. The van der Waals surface area contributed by atoms with Crippen molar-refractivity contribution >= 4 is 34.8 Å². The molecular weight excluding hydrogens is 340 g/mol. The summed E-state index contributed by atoms with van der Waals surface area (Å²) < 4.78 is 4.92. The van der Waals surface area contributed by atoms with E-state index in [1.165, 1.54) is 11.3 Å². The topological polar surface area (TPSA) is 84.5 Å². The molecule has 6 nitrogen and oxygen atoms in total. The fourth-order valence-electron chi connectivity index (χ4n) is 2.13. The van der Waals surface area contributed by atoms with Crippen molar-refractivity contribution in [2.24, 2.45) is 0 Å². The number of hydrogen-bond donors (Lipinski definition) is 2. The summed E-state index contributed by atoms with van der Waals surface area (Å²) in [5.41, 5.74) is 2.29. The first-order chi connectivity index (χ1) is 12.1. The van der Waals surface area contributed by atoms with Crippen molar-refractivity contribution in [3.8, 4) is 0 Å². The highest BCUT2D eigenvalue weighted by Crippen LogP contribution is 2.15. The van der Waals surface area contributed by atoms with E-state index in [1.54, 1.807) is 22.9 Å². The van der Waals surface area contributed by atoms with E-state index in [2.05, 4.69) is 10.6 Å². The Labute approximate surface area is 150 Å². The van der Waals surface area contributed by atoms with E-state index < -0.39 is 11.9 Å². The van der Waals surface area contributed by atoms with Gasteiger partial charge in [-0.1, -0.05) is 25.1 Å². The van der Waals surface area contributed by atoms with Crippen LogP contribution in [0.5, 0.6) is 0 Å². The number of hydrogen-bond acceptors (Lipinski definition) is 5.